The van der Waals surface area contributed by atoms with Crippen molar-refractivity contribution in [3.63, 3.8) is 0 Å². The molecule has 31 heavy (non-hydrogen) atoms. The second-order valence-corrected chi connectivity index (χ2v) is 8.12. The van der Waals surface area contributed by atoms with Gasteiger partial charge in [-0.15, -0.1) is 5.10 Å². The van der Waals surface area contributed by atoms with Crippen LogP contribution in [0.3, 0.4) is 0 Å². The lowest BCUT2D eigenvalue weighted by atomic mass is 10.0. The average Bonchev–Trinajstić information content (AvgIpc) is 3.44. The molecule has 0 unspecified atom stereocenters. The Morgan fingerprint density at radius 3 is 2.58 bits per heavy atom. The first-order chi connectivity index (χ1) is 15.1. The van der Waals surface area contributed by atoms with E-state index < -0.39 is 0 Å². The number of rotatable bonds is 9. The minimum Gasteiger partial charge on any atom is -0.256 e. The summed E-state index contributed by atoms with van der Waals surface area (Å²) in [5, 5.41) is 19.0. The Bertz CT molecular complexity index is 1100. The van der Waals surface area contributed by atoms with Crippen LogP contribution in [0.1, 0.15) is 50.8 Å². The van der Waals surface area contributed by atoms with E-state index in [0.717, 1.165) is 66.3 Å². The molecule has 0 amide bonds. The van der Waals surface area contributed by atoms with Gasteiger partial charge >= 0.3 is 0 Å². The fourth-order valence-corrected chi connectivity index (χ4v) is 3.53. The summed E-state index contributed by atoms with van der Waals surface area (Å²) in [5.74, 6) is 3.22. The van der Waals surface area contributed by atoms with Crippen LogP contribution >= 0.6 is 0 Å². The Kier molecular flexibility index (Phi) is 6.45. The Morgan fingerprint density at radius 1 is 1.06 bits per heavy atom. The molecular formula is C23H28N8. The van der Waals surface area contributed by atoms with E-state index in [2.05, 4.69) is 52.1 Å². The largest absolute Gasteiger partial charge is 0.256 e. The van der Waals surface area contributed by atoms with Crippen LogP contribution < -0.4 is 0 Å². The van der Waals surface area contributed by atoms with Gasteiger partial charge in [0, 0.05) is 36.7 Å². The highest BCUT2D eigenvalue weighted by Gasteiger charge is 2.13. The van der Waals surface area contributed by atoms with Gasteiger partial charge < -0.3 is 0 Å². The number of aromatic nitrogens is 8. The van der Waals surface area contributed by atoms with E-state index in [1.165, 1.54) is 0 Å². The Hall–Kier alpha value is -3.42. The van der Waals surface area contributed by atoms with Gasteiger partial charge in [-0.1, -0.05) is 51.1 Å². The van der Waals surface area contributed by atoms with Crippen molar-refractivity contribution in [2.24, 2.45) is 5.92 Å². The van der Waals surface area contributed by atoms with Crippen LogP contribution in [0.2, 0.25) is 0 Å². The minimum absolute atomic E-state index is 0.628. The van der Waals surface area contributed by atoms with Crippen LogP contribution in [0, 0.1) is 5.92 Å². The summed E-state index contributed by atoms with van der Waals surface area (Å²) < 4.78 is 2.05. The molecule has 0 radical (unpaired) electrons. The number of aromatic amines is 1. The number of nitrogens with zero attached hydrogens (tertiary/aromatic N) is 7. The smallest absolute Gasteiger partial charge is 0.180 e. The van der Waals surface area contributed by atoms with Gasteiger partial charge in [0.25, 0.3) is 0 Å². The molecule has 3 heterocycles. The first-order valence-electron chi connectivity index (χ1n) is 10.8. The van der Waals surface area contributed by atoms with Gasteiger partial charge in [-0.2, -0.15) is 5.10 Å². The number of tetrazole rings is 1. The van der Waals surface area contributed by atoms with Crippen LogP contribution in [0.25, 0.3) is 22.6 Å². The molecular weight excluding hydrogens is 388 g/mol. The topological polar surface area (TPSA) is 98.1 Å². The molecule has 1 aromatic carbocycles. The fourth-order valence-electron chi connectivity index (χ4n) is 3.53. The van der Waals surface area contributed by atoms with Gasteiger partial charge in [-0.3, -0.25) is 4.98 Å². The summed E-state index contributed by atoms with van der Waals surface area (Å²) in [7, 11) is 0. The predicted octanol–water partition coefficient (Wildman–Crippen LogP) is 4.11. The van der Waals surface area contributed by atoms with Gasteiger partial charge in [-0.25, -0.2) is 14.8 Å². The highest BCUT2D eigenvalue weighted by atomic mass is 15.5. The van der Waals surface area contributed by atoms with Crippen molar-refractivity contribution in [3.8, 4) is 22.6 Å². The van der Waals surface area contributed by atoms with E-state index in [1.54, 1.807) is 0 Å². The van der Waals surface area contributed by atoms with Crippen LogP contribution in [-0.4, -0.2) is 40.4 Å². The van der Waals surface area contributed by atoms with E-state index in [-0.39, 0.29) is 0 Å². The average molecular weight is 417 g/mol. The standard InChI is InChI=1S/C23H28N8/c1-4-13-31-22(25-21(28-31)12-9-16(2)3)14-17-10-11-20(24-15-17)18-7-5-6-8-19(18)23-26-29-30-27-23/h5-8,10-11,15-16H,4,9,12-14H2,1-3H3,(H,26,27,29,30). The second kappa shape index (κ2) is 9.59. The number of hydrogen-bond donors (Lipinski definition) is 1. The molecule has 8 nitrogen and oxygen atoms in total. The zero-order valence-corrected chi connectivity index (χ0v) is 18.3. The maximum absolute atomic E-state index is 4.82. The summed E-state index contributed by atoms with van der Waals surface area (Å²) >= 11 is 0. The van der Waals surface area contributed by atoms with Gasteiger partial charge in [0.05, 0.1) is 5.69 Å². The summed E-state index contributed by atoms with van der Waals surface area (Å²) in [4.78, 5) is 9.54. The van der Waals surface area contributed by atoms with E-state index in [4.69, 9.17) is 15.1 Å². The van der Waals surface area contributed by atoms with Crippen molar-refractivity contribution in [1.82, 2.24) is 40.4 Å². The maximum Gasteiger partial charge on any atom is 0.180 e. The van der Waals surface area contributed by atoms with Crippen LogP contribution in [-0.2, 0) is 19.4 Å². The van der Waals surface area contributed by atoms with Crippen LogP contribution in [0.4, 0.5) is 0 Å². The van der Waals surface area contributed by atoms with Gasteiger partial charge in [-0.05, 0) is 40.8 Å². The quantitative estimate of drug-likeness (QED) is 0.441. The summed E-state index contributed by atoms with van der Waals surface area (Å²) in [5.41, 5.74) is 3.90. The molecule has 3 aromatic heterocycles. The normalized spacial score (nSPS) is 11.4. The lowest BCUT2D eigenvalue weighted by Crippen LogP contribution is -2.06. The second-order valence-electron chi connectivity index (χ2n) is 8.12. The number of aryl methyl sites for hydroxylation is 2. The molecule has 160 valence electrons. The first-order valence-corrected chi connectivity index (χ1v) is 10.8. The van der Waals surface area contributed by atoms with E-state index >= 15 is 0 Å². The number of H-pyrrole nitrogens is 1. The van der Waals surface area contributed by atoms with Crippen molar-refractivity contribution in [1.29, 1.82) is 0 Å². The molecule has 1 N–H and O–H groups in total. The monoisotopic (exact) mass is 416 g/mol. The molecule has 0 aliphatic carbocycles. The Morgan fingerprint density at radius 2 is 1.90 bits per heavy atom. The molecule has 8 heteroatoms. The fraction of sp³-hybridized carbons (Fsp3) is 0.391. The molecule has 4 aromatic rings. The minimum atomic E-state index is 0.628. The molecule has 0 saturated carbocycles. The zero-order valence-electron chi connectivity index (χ0n) is 18.3. The maximum atomic E-state index is 4.82. The molecule has 0 fully saturated rings. The molecule has 0 aliphatic heterocycles. The Balaban J connectivity index is 1.55. The SMILES string of the molecule is CCCn1nc(CCC(C)C)nc1Cc1ccc(-c2ccccc2-c2nnn[nH]2)nc1. The number of pyridine rings is 1. The molecule has 0 atom stereocenters. The zero-order chi connectivity index (χ0) is 21.6. The number of benzene rings is 1. The molecule has 0 aliphatic rings. The molecule has 0 spiro atoms. The predicted molar refractivity (Wildman–Crippen MR) is 119 cm³/mol. The van der Waals surface area contributed by atoms with Crippen molar-refractivity contribution < 1.29 is 0 Å². The van der Waals surface area contributed by atoms with E-state index in [1.807, 2.05) is 36.5 Å². The van der Waals surface area contributed by atoms with Crippen molar-refractivity contribution in [2.75, 3.05) is 0 Å². The van der Waals surface area contributed by atoms with Gasteiger partial charge in [0.15, 0.2) is 11.6 Å². The van der Waals surface area contributed by atoms with Crippen molar-refractivity contribution in [3.05, 3.63) is 59.8 Å². The third-order valence-corrected chi connectivity index (χ3v) is 5.16. The lowest BCUT2D eigenvalue weighted by molar-refractivity contribution is 0.551. The van der Waals surface area contributed by atoms with Crippen LogP contribution in [0.15, 0.2) is 42.6 Å². The molecule has 4 rings (SSSR count). The lowest BCUT2D eigenvalue weighted by Gasteiger charge is -2.08. The van der Waals surface area contributed by atoms with Gasteiger partial charge in [0.1, 0.15) is 5.82 Å². The number of nitrogens with one attached hydrogen (secondary N) is 1. The molecule has 0 saturated heterocycles. The Labute approximate surface area is 182 Å². The van der Waals surface area contributed by atoms with Crippen LogP contribution in [0.5, 0.6) is 0 Å². The first kappa shape index (κ1) is 20.8. The number of hydrogen-bond acceptors (Lipinski definition) is 6. The van der Waals surface area contributed by atoms with E-state index in [0.29, 0.717) is 11.7 Å². The third kappa shape index (κ3) is 5.02. The highest BCUT2D eigenvalue weighted by molar-refractivity contribution is 5.78. The summed E-state index contributed by atoms with van der Waals surface area (Å²) in [6.45, 7) is 7.51. The summed E-state index contributed by atoms with van der Waals surface area (Å²) in [6.07, 6.45) is 5.70. The summed E-state index contributed by atoms with van der Waals surface area (Å²) in [6, 6.07) is 12.1. The highest BCUT2D eigenvalue weighted by Crippen LogP contribution is 2.28. The van der Waals surface area contributed by atoms with E-state index in [9.17, 15) is 0 Å². The molecule has 0 bridgehead atoms. The third-order valence-electron chi connectivity index (χ3n) is 5.16. The van der Waals surface area contributed by atoms with Gasteiger partial charge in [0.2, 0.25) is 0 Å². The van der Waals surface area contributed by atoms with Crippen molar-refractivity contribution in [2.45, 2.75) is 53.0 Å². The van der Waals surface area contributed by atoms with Crippen molar-refractivity contribution >= 4 is 0 Å².